The van der Waals surface area contributed by atoms with Crippen LogP contribution in [0.5, 0.6) is 5.75 Å². The molecule has 150 valence electrons. The maximum absolute atomic E-state index is 13.3. The normalized spacial score (nSPS) is 10.6. The molecule has 0 aliphatic heterocycles. The maximum Gasteiger partial charge on any atom is 0.271 e. The molecule has 0 radical (unpaired) electrons. The minimum absolute atomic E-state index is 0.0304. The molecule has 0 aliphatic rings. The molecular formula is C19H17ClFN5O3. The van der Waals surface area contributed by atoms with E-state index in [0.717, 1.165) is 6.07 Å². The third-order valence-electron chi connectivity index (χ3n) is 3.76. The first kappa shape index (κ1) is 20.3. The van der Waals surface area contributed by atoms with Gasteiger partial charge in [-0.1, -0.05) is 18.2 Å². The van der Waals surface area contributed by atoms with Crippen molar-refractivity contribution < 1.29 is 18.7 Å². The van der Waals surface area contributed by atoms with E-state index in [1.807, 2.05) is 0 Å². The van der Waals surface area contributed by atoms with Gasteiger partial charge in [-0.15, -0.1) is 0 Å². The smallest absolute Gasteiger partial charge is 0.271 e. The average molecular weight is 418 g/mol. The standard InChI is InChI=1S/C19H17ClFN5O3/c1-12(24-18(27)11-29-13-3-4-14(20)15(21)9-13)5-7-23-19(28)16-10-17-22-6-2-8-26(17)25-16/h2-4,6,8-10H,1,5,7,11H2,(H,23,28)(H,24,27). The van der Waals surface area contributed by atoms with Gasteiger partial charge in [0.15, 0.2) is 17.9 Å². The van der Waals surface area contributed by atoms with Crippen molar-refractivity contribution >= 4 is 29.1 Å². The number of nitrogens with zero attached hydrogens (tertiary/aromatic N) is 3. The fraction of sp³-hybridized carbons (Fsp3) is 0.158. The van der Waals surface area contributed by atoms with E-state index in [9.17, 15) is 14.0 Å². The predicted molar refractivity (Wildman–Crippen MR) is 104 cm³/mol. The molecule has 10 heteroatoms. The van der Waals surface area contributed by atoms with Crippen LogP contribution in [0.2, 0.25) is 5.02 Å². The average Bonchev–Trinajstić information content (AvgIpc) is 3.13. The van der Waals surface area contributed by atoms with E-state index in [1.165, 1.54) is 16.6 Å². The van der Waals surface area contributed by atoms with Gasteiger partial charge in [0.1, 0.15) is 11.6 Å². The minimum Gasteiger partial charge on any atom is -0.484 e. The van der Waals surface area contributed by atoms with Crippen LogP contribution in [-0.4, -0.2) is 39.6 Å². The van der Waals surface area contributed by atoms with Crippen molar-refractivity contribution in [2.75, 3.05) is 13.2 Å². The highest BCUT2D eigenvalue weighted by Crippen LogP contribution is 2.20. The van der Waals surface area contributed by atoms with Gasteiger partial charge in [-0.25, -0.2) is 13.9 Å². The van der Waals surface area contributed by atoms with E-state index < -0.39 is 11.7 Å². The molecule has 3 aromatic rings. The number of ether oxygens (including phenoxy) is 1. The maximum atomic E-state index is 13.3. The molecule has 0 bridgehead atoms. The number of nitrogens with one attached hydrogen (secondary N) is 2. The third-order valence-corrected chi connectivity index (χ3v) is 4.06. The number of hydrogen-bond donors (Lipinski definition) is 2. The summed E-state index contributed by atoms with van der Waals surface area (Å²) >= 11 is 5.58. The largest absolute Gasteiger partial charge is 0.484 e. The predicted octanol–water partition coefficient (Wildman–Crippen LogP) is 2.35. The highest BCUT2D eigenvalue weighted by atomic mass is 35.5. The van der Waals surface area contributed by atoms with Crippen molar-refractivity contribution in [1.29, 1.82) is 0 Å². The Morgan fingerprint density at radius 3 is 2.90 bits per heavy atom. The molecule has 0 fully saturated rings. The van der Waals surface area contributed by atoms with E-state index in [2.05, 4.69) is 27.3 Å². The van der Waals surface area contributed by atoms with Crippen molar-refractivity contribution in [3.63, 3.8) is 0 Å². The first-order valence-corrected chi connectivity index (χ1v) is 8.94. The Bertz CT molecular complexity index is 1040. The van der Waals surface area contributed by atoms with Crippen molar-refractivity contribution in [3.8, 4) is 5.75 Å². The summed E-state index contributed by atoms with van der Waals surface area (Å²) in [6.45, 7) is 3.67. The minimum atomic E-state index is -0.633. The molecule has 0 unspecified atom stereocenters. The Kier molecular flexibility index (Phi) is 6.40. The Hall–Kier alpha value is -3.46. The van der Waals surface area contributed by atoms with Crippen LogP contribution in [0.1, 0.15) is 16.9 Å². The number of hydrogen-bond acceptors (Lipinski definition) is 5. The lowest BCUT2D eigenvalue weighted by Gasteiger charge is -2.10. The number of carbonyl (C=O) groups excluding carboxylic acids is 2. The van der Waals surface area contributed by atoms with Crippen LogP contribution in [0, 0.1) is 5.82 Å². The lowest BCUT2D eigenvalue weighted by atomic mass is 10.3. The quantitative estimate of drug-likeness (QED) is 0.586. The van der Waals surface area contributed by atoms with E-state index >= 15 is 0 Å². The van der Waals surface area contributed by atoms with Crippen molar-refractivity contribution in [2.45, 2.75) is 6.42 Å². The molecule has 1 aromatic carbocycles. The number of benzene rings is 1. The first-order valence-electron chi connectivity index (χ1n) is 8.56. The Labute approximate surface area is 170 Å². The van der Waals surface area contributed by atoms with Gasteiger partial charge in [0, 0.05) is 43.2 Å². The molecule has 2 N–H and O–H groups in total. The van der Waals surface area contributed by atoms with Crippen LogP contribution in [-0.2, 0) is 4.79 Å². The molecule has 0 saturated carbocycles. The van der Waals surface area contributed by atoms with Crippen LogP contribution < -0.4 is 15.4 Å². The van der Waals surface area contributed by atoms with Gasteiger partial charge in [-0.05, 0) is 18.2 Å². The first-order chi connectivity index (χ1) is 13.9. The second-order valence-corrected chi connectivity index (χ2v) is 6.38. The van der Waals surface area contributed by atoms with Crippen LogP contribution in [0.4, 0.5) is 4.39 Å². The summed E-state index contributed by atoms with van der Waals surface area (Å²) in [4.78, 5) is 28.1. The molecule has 2 amide bonds. The van der Waals surface area contributed by atoms with E-state index in [0.29, 0.717) is 17.8 Å². The molecule has 29 heavy (non-hydrogen) atoms. The van der Waals surface area contributed by atoms with Gasteiger partial charge in [-0.3, -0.25) is 9.59 Å². The Morgan fingerprint density at radius 1 is 1.31 bits per heavy atom. The molecule has 8 nitrogen and oxygen atoms in total. The fourth-order valence-corrected chi connectivity index (χ4v) is 2.49. The lowest BCUT2D eigenvalue weighted by Crippen LogP contribution is -2.31. The summed E-state index contributed by atoms with van der Waals surface area (Å²) < 4.78 is 20.0. The van der Waals surface area contributed by atoms with E-state index in [1.54, 1.807) is 24.5 Å². The van der Waals surface area contributed by atoms with E-state index in [-0.39, 0.29) is 35.5 Å². The highest BCUT2D eigenvalue weighted by molar-refractivity contribution is 6.30. The number of aromatic nitrogens is 3. The van der Waals surface area contributed by atoms with Gasteiger partial charge in [0.25, 0.3) is 11.8 Å². The third kappa shape index (κ3) is 5.52. The van der Waals surface area contributed by atoms with Crippen LogP contribution in [0.15, 0.2) is 55.0 Å². The van der Waals surface area contributed by atoms with E-state index in [4.69, 9.17) is 16.3 Å². The Morgan fingerprint density at radius 2 is 2.14 bits per heavy atom. The summed E-state index contributed by atoms with van der Waals surface area (Å²) in [6.07, 6.45) is 3.62. The van der Waals surface area contributed by atoms with Crippen LogP contribution in [0.3, 0.4) is 0 Å². The summed E-state index contributed by atoms with van der Waals surface area (Å²) in [7, 11) is 0. The van der Waals surface area contributed by atoms with Crippen molar-refractivity contribution in [1.82, 2.24) is 25.2 Å². The molecule has 2 heterocycles. The molecular weight excluding hydrogens is 401 g/mol. The summed E-state index contributed by atoms with van der Waals surface area (Å²) in [5, 5.41) is 9.34. The number of halogens is 2. The number of amides is 2. The second-order valence-electron chi connectivity index (χ2n) is 5.97. The van der Waals surface area contributed by atoms with Crippen LogP contribution in [0.25, 0.3) is 5.65 Å². The monoisotopic (exact) mass is 417 g/mol. The van der Waals surface area contributed by atoms with Gasteiger partial charge >= 0.3 is 0 Å². The number of rotatable bonds is 8. The zero-order chi connectivity index (χ0) is 20.8. The van der Waals surface area contributed by atoms with Crippen molar-refractivity contribution in [3.05, 3.63) is 71.5 Å². The molecule has 3 rings (SSSR count). The zero-order valence-electron chi connectivity index (χ0n) is 15.2. The van der Waals surface area contributed by atoms with Gasteiger partial charge in [0.05, 0.1) is 5.02 Å². The molecule has 2 aromatic heterocycles. The molecule has 0 aliphatic carbocycles. The summed E-state index contributed by atoms with van der Waals surface area (Å²) in [5.74, 6) is -1.26. The second kappa shape index (κ2) is 9.16. The van der Waals surface area contributed by atoms with Crippen molar-refractivity contribution in [2.24, 2.45) is 0 Å². The lowest BCUT2D eigenvalue weighted by molar-refractivity contribution is -0.122. The number of carbonyl (C=O) groups is 2. The molecule has 0 spiro atoms. The SMILES string of the molecule is C=C(CCNC(=O)c1cc2ncccn2n1)NC(=O)COc1ccc(Cl)c(F)c1. The summed E-state index contributed by atoms with van der Waals surface area (Å²) in [5.41, 5.74) is 1.20. The van der Waals surface area contributed by atoms with Gasteiger partial charge in [-0.2, -0.15) is 5.10 Å². The summed E-state index contributed by atoms with van der Waals surface area (Å²) in [6, 6.07) is 7.17. The fourth-order valence-electron chi connectivity index (χ4n) is 2.37. The Balaban J connectivity index is 1.39. The van der Waals surface area contributed by atoms with Gasteiger partial charge < -0.3 is 15.4 Å². The zero-order valence-corrected chi connectivity index (χ0v) is 15.9. The molecule has 0 saturated heterocycles. The highest BCUT2D eigenvalue weighted by Gasteiger charge is 2.11. The van der Waals surface area contributed by atoms with Crippen LogP contribution >= 0.6 is 11.6 Å². The van der Waals surface area contributed by atoms with Gasteiger partial charge in [0.2, 0.25) is 0 Å². The topological polar surface area (TPSA) is 97.6 Å². The number of fused-ring (bicyclic) bond motifs is 1. The molecule has 0 atom stereocenters.